The van der Waals surface area contributed by atoms with Crippen molar-refractivity contribution in [3.05, 3.63) is 77.3 Å². The fraction of sp³-hybridized carbons (Fsp3) is 0.0455. The highest BCUT2D eigenvalue weighted by atomic mass is 35.5. The molecule has 1 heterocycles. The lowest BCUT2D eigenvalue weighted by atomic mass is 10.2. The van der Waals surface area contributed by atoms with Crippen molar-refractivity contribution >= 4 is 51.6 Å². The highest BCUT2D eigenvalue weighted by Crippen LogP contribution is 2.28. The van der Waals surface area contributed by atoms with Gasteiger partial charge in [-0.3, -0.25) is 10.1 Å². The number of para-hydroxylation sites is 2. The Morgan fingerprint density at radius 1 is 1.10 bits per heavy atom. The molecule has 1 aromatic heterocycles. The summed E-state index contributed by atoms with van der Waals surface area (Å²) in [6, 6.07) is 20.0. The molecule has 1 amide bonds. The minimum Gasteiger partial charge on any atom is -0.497 e. The number of carbonyl (C=O) groups is 1. The van der Waals surface area contributed by atoms with E-state index in [0.29, 0.717) is 27.8 Å². The molecule has 30 heavy (non-hydrogen) atoms. The van der Waals surface area contributed by atoms with E-state index >= 15 is 0 Å². The molecule has 0 atom stereocenters. The number of carbonyl (C=O) groups excluding carboxylic acids is 1. The van der Waals surface area contributed by atoms with Crippen LogP contribution in [0.1, 0.15) is 10.4 Å². The van der Waals surface area contributed by atoms with Gasteiger partial charge in [-0.05, 0) is 66.8 Å². The Morgan fingerprint density at radius 3 is 2.60 bits per heavy atom. The average Bonchev–Trinajstić information content (AvgIpc) is 3.19. The van der Waals surface area contributed by atoms with Crippen LogP contribution in [-0.4, -0.2) is 28.1 Å². The van der Waals surface area contributed by atoms with E-state index in [0.717, 1.165) is 16.6 Å². The van der Waals surface area contributed by atoms with E-state index in [-0.39, 0.29) is 11.0 Å². The molecule has 6 nitrogen and oxygen atoms in total. The lowest BCUT2D eigenvalue weighted by molar-refractivity contribution is 0.0977. The van der Waals surface area contributed by atoms with Gasteiger partial charge in [-0.15, -0.1) is 0 Å². The second kappa shape index (κ2) is 8.52. The van der Waals surface area contributed by atoms with Crippen LogP contribution in [0.15, 0.2) is 66.7 Å². The molecule has 8 heteroatoms. The fourth-order valence-electron chi connectivity index (χ4n) is 2.93. The predicted octanol–water partition coefficient (Wildman–Crippen LogP) is 5.02. The molecular weight excluding hydrogens is 420 g/mol. The van der Waals surface area contributed by atoms with Gasteiger partial charge in [0.25, 0.3) is 5.91 Å². The summed E-state index contributed by atoms with van der Waals surface area (Å²) in [5, 5.41) is 6.23. The van der Waals surface area contributed by atoms with Crippen molar-refractivity contribution in [3.8, 4) is 17.1 Å². The Morgan fingerprint density at radius 2 is 1.87 bits per heavy atom. The van der Waals surface area contributed by atoms with Crippen LogP contribution in [-0.2, 0) is 0 Å². The molecule has 0 aliphatic rings. The Kier molecular flexibility index (Phi) is 5.65. The van der Waals surface area contributed by atoms with Gasteiger partial charge < -0.3 is 15.0 Å². The van der Waals surface area contributed by atoms with E-state index in [1.807, 2.05) is 36.4 Å². The van der Waals surface area contributed by atoms with E-state index in [2.05, 4.69) is 20.6 Å². The molecule has 4 rings (SSSR count). The molecule has 4 aromatic rings. The molecule has 0 bridgehead atoms. The van der Waals surface area contributed by atoms with E-state index in [1.165, 1.54) is 0 Å². The van der Waals surface area contributed by atoms with E-state index in [9.17, 15) is 4.79 Å². The number of fused-ring (bicyclic) bond motifs is 1. The van der Waals surface area contributed by atoms with Crippen LogP contribution >= 0.6 is 23.8 Å². The van der Waals surface area contributed by atoms with Crippen LogP contribution in [0.25, 0.3) is 22.4 Å². The Hall–Kier alpha value is -3.42. The summed E-state index contributed by atoms with van der Waals surface area (Å²) in [4.78, 5) is 20.3. The molecule has 0 fully saturated rings. The smallest absolute Gasteiger partial charge is 0.257 e. The zero-order chi connectivity index (χ0) is 21.1. The second-order valence-electron chi connectivity index (χ2n) is 6.43. The summed E-state index contributed by atoms with van der Waals surface area (Å²) in [6.45, 7) is 0. The number of H-pyrrole nitrogens is 1. The summed E-state index contributed by atoms with van der Waals surface area (Å²) in [7, 11) is 1.57. The number of methoxy groups -OCH3 is 1. The maximum absolute atomic E-state index is 12.4. The summed E-state index contributed by atoms with van der Waals surface area (Å²) >= 11 is 11.6. The number of rotatable bonds is 4. The third kappa shape index (κ3) is 4.27. The summed E-state index contributed by atoms with van der Waals surface area (Å²) < 4.78 is 5.10. The second-order valence-corrected chi connectivity index (χ2v) is 7.25. The molecular formula is C22H17ClN4O2S. The molecule has 0 saturated heterocycles. The molecule has 3 N–H and O–H groups in total. The van der Waals surface area contributed by atoms with Gasteiger partial charge in [-0.1, -0.05) is 23.7 Å². The normalized spacial score (nSPS) is 10.6. The van der Waals surface area contributed by atoms with Crippen LogP contribution in [0.5, 0.6) is 5.75 Å². The first kappa shape index (κ1) is 19.9. The number of anilines is 1. The maximum Gasteiger partial charge on any atom is 0.257 e. The van der Waals surface area contributed by atoms with Crippen molar-refractivity contribution < 1.29 is 9.53 Å². The van der Waals surface area contributed by atoms with E-state index in [1.54, 1.807) is 37.4 Å². The van der Waals surface area contributed by atoms with Crippen LogP contribution in [0.2, 0.25) is 5.02 Å². The number of benzene rings is 3. The first-order valence-corrected chi connectivity index (χ1v) is 9.83. The van der Waals surface area contributed by atoms with Crippen LogP contribution in [0, 0.1) is 0 Å². The number of amides is 1. The molecule has 150 valence electrons. The van der Waals surface area contributed by atoms with Gasteiger partial charge in [0.05, 0.1) is 28.9 Å². The standard InChI is InChI=1S/C22H17ClN4O2S/c1-29-15-9-6-13(7-10-15)21(28)27-22(30)26-19-12-14(8-11-16(19)23)20-24-17-4-2-3-5-18(17)25-20/h2-12H,1H3,(H,24,25)(H2,26,27,28,30). The number of ether oxygens (including phenoxy) is 1. The molecule has 0 aliphatic heterocycles. The van der Waals surface area contributed by atoms with Crippen molar-refractivity contribution in [1.82, 2.24) is 15.3 Å². The fourth-order valence-corrected chi connectivity index (χ4v) is 3.30. The zero-order valence-electron chi connectivity index (χ0n) is 15.9. The highest BCUT2D eigenvalue weighted by molar-refractivity contribution is 7.80. The van der Waals surface area contributed by atoms with Gasteiger partial charge in [0, 0.05) is 11.1 Å². The Balaban J connectivity index is 1.50. The van der Waals surface area contributed by atoms with Crippen LogP contribution < -0.4 is 15.4 Å². The SMILES string of the molecule is COc1ccc(C(=O)NC(=S)Nc2cc(-c3nc4ccccc4[nH]3)ccc2Cl)cc1. The zero-order valence-corrected chi connectivity index (χ0v) is 17.5. The molecule has 0 saturated carbocycles. The lowest BCUT2D eigenvalue weighted by Crippen LogP contribution is -2.34. The first-order valence-electron chi connectivity index (χ1n) is 9.04. The van der Waals surface area contributed by atoms with Crippen molar-refractivity contribution in [2.75, 3.05) is 12.4 Å². The minimum atomic E-state index is -0.334. The Bertz CT molecular complexity index is 1200. The van der Waals surface area contributed by atoms with Gasteiger partial charge in [0.2, 0.25) is 0 Å². The number of imidazole rings is 1. The molecule has 0 spiro atoms. The van der Waals surface area contributed by atoms with Crippen molar-refractivity contribution in [2.24, 2.45) is 0 Å². The van der Waals surface area contributed by atoms with Gasteiger partial charge in [-0.25, -0.2) is 4.98 Å². The number of hydrogen-bond acceptors (Lipinski definition) is 4. The number of aromatic nitrogens is 2. The number of aromatic amines is 1. The molecule has 0 aliphatic carbocycles. The third-order valence-corrected chi connectivity index (χ3v) is 4.99. The lowest BCUT2D eigenvalue weighted by Gasteiger charge is -2.12. The number of thiocarbonyl (C=S) groups is 1. The number of nitrogens with one attached hydrogen (secondary N) is 3. The Labute approximate surface area is 183 Å². The van der Waals surface area contributed by atoms with Gasteiger partial charge in [0.1, 0.15) is 11.6 Å². The third-order valence-electron chi connectivity index (χ3n) is 4.46. The molecule has 0 unspecified atom stereocenters. The quantitative estimate of drug-likeness (QED) is 0.391. The van der Waals surface area contributed by atoms with Crippen LogP contribution in [0.3, 0.4) is 0 Å². The largest absolute Gasteiger partial charge is 0.497 e. The van der Waals surface area contributed by atoms with Gasteiger partial charge in [-0.2, -0.15) is 0 Å². The minimum absolute atomic E-state index is 0.138. The average molecular weight is 437 g/mol. The number of hydrogen-bond donors (Lipinski definition) is 3. The molecule has 3 aromatic carbocycles. The summed E-state index contributed by atoms with van der Waals surface area (Å²) in [5.41, 5.74) is 3.68. The van der Waals surface area contributed by atoms with Crippen molar-refractivity contribution in [1.29, 1.82) is 0 Å². The monoisotopic (exact) mass is 436 g/mol. The molecule has 0 radical (unpaired) electrons. The predicted molar refractivity (Wildman–Crippen MR) is 123 cm³/mol. The van der Waals surface area contributed by atoms with E-state index in [4.69, 9.17) is 28.6 Å². The van der Waals surface area contributed by atoms with Gasteiger partial charge in [0.15, 0.2) is 5.11 Å². The number of halogens is 1. The van der Waals surface area contributed by atoms with Gasteiger partial charge >= 0.3 is 0 Å². The summed E-state index contributed by atoms with van der Waals surface area (Å²) in [5.74, 6) is 1.05. The topological polar surface area (TPSA) is 79.0 Å². The van der Waals surface area contributed by atoms with Crippen LogP contribution in [0.4, 0.5) is 5.69 Å². The number of nitrogens with zero attached hydrogens (tertiary/aromatic N) is 1. The van der Waals surface area contributed by atoms with Crippen molar-refractivity contribution in [3.63, 3.8) is 0 Å². The van der Waals surface area contributed by atoms with Crippen molar-refractivity contribution in [2.45, 2.75) is 0 Å². The van der Waals surface area contributed by atoms with E-state index < -0.39 is 0 Å². The first-order chi connectivity index (χ1) is 14.5. The maximum atomic E-state index is 12.4. The highest BCUT2D eigenvalue weighted by Gasteiger charge is 2.12. The summed E-state index contributed by atoms with van der Waals surface area (Å²) in [6.07, 6.45) is 0.